The molecule has 0 fully saturated rings. The maximum absolute atomic E-state index is 13.5. The molecule has 37 heavy (non-hydrogen) atoms. The number of hydrogen-bond acceptors (Lipinski definition) is 8. The number of nitrogens with zero attached hydrogens (tertiary/aromatic N) is 3. The largest absolute Gasteiger partial charge is 0.549 e. The van der Waals surface area contributed by atoms with Crippen LogP contribution >= 0.6 is 15.9 Å². The van der Waals surface area contributed by atoms with Gasteiger partial charge in [0, 0.05) is 10.9 Å². The summed E-state index contributed by atoms with van der Waals surface area (Å²) in [7, 11) is -4.66. The molecule has 2 N–H and O–H groups in total. The van der Waals surface area contributed by atoms with Crippen LogP contribution in [-0.2, 0) is 25.8 Å². The average molecular weight is 607 g/mol. The summed E-state index contributed by atoms with van der Waals surface area (Å²) in [4.78, 5) is 26.0. The lowest BCUT2D eigenvalue weighted by Crippen LogP contribution is -2.53. The van der Waals surface area contributed by atoms with E-state index in [2.05, 4.69) is 26.0 Å². The normalized spacial score (nSPS) is 17.1. The number of rotatable bonds is 9. The lowest BCUT2D eigenvalue weighted by atomic mass is 9.79. The predicted octanol–water partition coefficient (Wildman–Crippen LogP) is 2.58. The molecular formula is C21H18BrF3N4O7S. The highest BCUT2D eigenvalue weighted by Crippen LogP contribution is 2.42. The van der Waals surface area contributed by atoms with Crippen LogP contribution in [0.1, 0.15) is 18.4 Å². The fourth-order valence-electron chi connectivity index (χ4n) is 3.83. The van der Waals surface area contributed by atoms with E-state index in [1.807, 2.05) is 0 Å². The monoisotopic (exact) mass is 606 g/mol. The smallest absolute Gasteiger partial charge is 0.416 e. The molecule has 0 radical (unpaired) electrons. The second kappa shape index (κ2) is 10.5. The Morgan fingerprint density at radius 3 is 2.57 bits per heavy atom. The molecule has 1 aliphatic rings. The molecular weight excluding hydrogens is 589 g/mol. The molecule has 0 saturated heterocycles. The molecule has 0 amide bonds. The highest BCUT2D eigenvalue weighted by Gasteiger charge is 2.46. The van der Waals surface area contributed by atoms with Crippen LogP contribution in [0.15, 0.2) is 56.9 Å². The van der Waals surface area contributed by atoms with E-state index in [4.69, 9.17) is 10.3 Å². The van der Waals surface area contributed by atoms with E-state index in [1.54, 1.807) is 0 Å². The number of nitrogens with one attached hydrogen (secondary N) is 1. The van der Waals surface area contributed by atoms with Crippen molar-refractivity contribution in [1.82, 2.24) is 4.91 Å². The topological polar surface area (TPSA) is 174 Å². The zero-order valence-corrected chi connectivity index (χ0v) is 21.0. The van der Waals surface area contributed by atoms with Crippen molar-refractivity contribution in [2.45, 2.75) is 30.0 Å². The van der Waals surface area contributed by atoms with Crippen LogP contribution in [0, 0.1) is 10.9 Å². The summed E-state index contributed by atoms with van der Waals surface area (Å²) >= 11 is 3.19. The Balaban J connectivity index is 2.09. The van der Waals surface area contributed by atoms with Gasteiger partial charge in [0.05, 0.1) is 28.7 Å². The zero-order valence-electron chi connectivity index (χ0n) is 18.6. The first-order chi connectivity index (χ1) is 17.2. The van der Waals surface area contributed by atoms with Crippen molar-refractivity contribution in [3.63, 3.8) is 0 Å². The molecule has 0 aromatic heterocycles. The highest BCUT2D eigenvalue weighted by molar-refractivity contribution is 9.10. The molecule has 2 aromatic rings. The molecule has 16 heteroatoms. The van der Waals surface area contributed by atoms with Crippen molar-refractivity contribution in [2.75, 3.05) is 17.4 Å². The summed E-state index contributed by atoms with van der Waals surface area (Å²) in [6.07, 6.45) is -7.59. The van der Waals surface area contributed by atoms with Crippen LogP contribution in [0.4, 0.5) is 18.9 Å². The fraction of sp³-hybridized carbons (Fsp3) is 0.333. The maximum Gasteiger partial charge on any atom is 0.416 e. The summed E-state index contributed by atoms with van der Waals surface area (Å²) in [6.45, 7) is -1.07. The van der Waals surface area contributed by atoms with Crippen molar-refractivity contribution >= 4 is 43.6 Å². The summed E-state index contributed by atoms with van der Waals surface area (Å²) in [6, 6.07) is 7.24. The molecule has 2 aromatic carbocycles. The van der Waals surface area contributed by atoms with Gasteiger partial charge < -0.3 is 19.7 Å². The van der Waals surface area contributed by atoms with E-state index in [0.717, 1.165) is 16.4 Å². The van der Waals surface area contributed by atoms with Crippen molar-refractivity contribution in [3.05, 3.63) is 52.5 Å². The van der Waals surface area contributed by atoms with E-state index in [0.29, 0.717) is 16.6 Å². The number of ether oxygens (including phenoxy) is 1. The number of anilines is 1. The van der Waals surface area contributed by atoms with E-state index < -0.39 is 76.0 Å². The van der Waals surface area contributed by atoms with Crippen molar-refractivity contribution in [3.8, 4) is 5.75 Å². The van der Waals surface area contributed by atoms with Crippen LogP contribution in [0.25, 0.3) is 0 Å². The molecule has 0 bridgehead atoms. The Bertz CT molecular complexity index is 1370. The van der Waals surface area contributed by atoms with E-state index in [1.165, 1.54) is 18.2 Å². The van der Waals surface area contributed by atoms with Crippen LogP contribution in [0.3, 0.4) is 0 Å². The number of hydrogen-bond donors (Lipinski definition) is 2. The van der Waals surface area contributed by atoms with Gasteiger partial charge in [0.15, 0.2) is 0 Å². The third-order valence-corrected chi connectivity index (χ3v) is 7.96. The van der Waals surface area contributed by atoms with Crippen LogP contribution < -0.4 is 19.1 Å². The number of carboxylic acids is 2. The second-order valence-electron chi connectivity index (χ2n) is 8.01. The highest BCUT2D eigenvalue weighted by atomic mass is 79.9. The van der Waals surface area contributed by atoms with Gasteiger partial charge in [-0.05, 0) is 42.8 Å². The standard InChI is InChI=1S/C21H18BrF3N4O7S/c22-13-4-5-17-16(9-13)29(37(34,35)15-3-1-2-12(8-15)21(23,24)25)11-14(36-17)10-20(18(30)31,19(32)33)6-7-27-28-26/h1-5,8-9,14,26H,6-7,10-11H2,(H-,30,31,32,33). The Kier molecular flexibility index (Phi) is 7.95. The average Bonchev–Trinajstić information content (AvgIpc) is 2.82. The minimum atomic E-state index is -4.81. The molecule has 1 aliphatic heterocycles. The Morgan fingerprint density at radius 2 is 1.97 bits per heavy atom. The van der Waals surface area contributed by atoms with Crippen molar-refractivity contribution in [2.24, 2.45) is 10.5 Å². The molecule has 0 aliphatic carbocycles. The molecule has 0 saturated carbocycles. The first-order valence-corrected chi connectivity index (χ1v) is 12.6. The second-order valence-corrected chi connectivity index (χ2v) is 10.8. The van der Waals surface area contributed by atoms with Gasteiger partial charge in [-0.1, -0.05) is 22.0 Å². The van der Waals surface area contributed by atoms with Crippen LogP contribution in [-0.4, -0.2) is 44.7 Å². The Labute approximate surface area is 216 Å². The number of fused-ring (bicyclic) bond motifs is 1. The Hall–Kier alpha value is -3.49. The summed E-state index contributed by atoms with van der Waals surface area (Å²) in [5.74, 6) is -3.86. The SMILES string of the molecule is N=[N+]=NCCC(CC1CN(S(=O)(=O)c2cccc(C(F)(F)F)c2)c2cc(Br)ccc2O1)(C(=O)[O-])C(=O)O. The first-order valence-electron chi connectivity index (χ1n) is 10.4. The molecule has 198 valence electrons. The van der Waals surface area contributed by atoms with E-state index >= 15 is 0 Å². The van der Waals surface area contributed by atoms with Gasteiger partial charge in [0.2, 0.25) is 4.91 Å². The van der Waals surface area contributed by atoms with Crippen LogP contribution in [0.5, 0.6) is 5.75 Å². The molecule has 1 heterocycles. The number of sulfonamides is 1. The lowest BCUT2D eigenvalue weighted by Gasteiger charge is -2.39. The number of alkyl halides is 3. The van der Waals surface area contributed by atoms with Crippen LogP contribution in [0.2, 0.25) is 0 Å². The van der Waals surface area contributed by atoms with Gasteiger partial charge in [-0.2, -0.15) is 13.2 Å². The number of carbonyl (C=O) groups is 2. The lowest BCUT2D eigenvalue weighted by molar-refractivity contribution is -0.319. The third-order valence-electron chi connectivity index (χ3n) is 5.69. The van der Waals surface area contributed by atoms with Gasteiger partial charge in [0.25, 0.3) is 10.0 Å². The van der Waals surface area contributed by atoms with Gasteiger partial charge in [-0.15, -0.1) is 0 Å². The summed E-state index contributed by atoms with van der Waals surface area (Å²) in [5, 5.41) is 24.9. The Morgan fingerprint density at radius 1 is 1.27 bits per heavy atom. The number of benzene rings is 2. The quantitative estimate of drug-likeness (QED) is 0.250. The van der Waals surface area contributed by atoms with E-state index in [-0.39, 0.29) is 11.4 Å². The third kappa shape index (κ3) is 5.76. The minimum Gasteiger partial charge on any atom is -0.549 e. The maximum atomic E-state index is 13.5. The first kappa shape index (κ1) is 28.1. The summed E-state index contributed by atoms with van der Waals surface area (Å²) < 4.78 is 73.7. The van der Waals surface area contributed by atoms with Gasteiger partial charge in [0.1, 0.15) is 34.5 Å². The predicted molar refractivity (Wildman–Crippen MR) is 121 cm³/mol. The number of aliphatic carboxylic acids is 2. The number of carbonyl (C=O) groups excluding carboxylic acids is 1. The van der Waals surface area contributed by atoms with E-state index in [9.17, 15) is 41.4 Å². The van der Waals surface area contributed by atoms with Crippen molar-refractivity contribution in [1.29, 1.82) is 5.53 Å². The van der Waals surface area contributed by atoms with Gasteiger partial charge >= 0.3 is 12.1 Å². The minimum absolute atomic E-state index is 0.0552. The van der Waals surface area contributed by atoms with Gasteiger partial charge in [-0.25, -0.2) is 8.42 Å². The van der Waals surface area contributed by atoms with Gasteiger partial charge in [-0.3, -0.25) is 9.10 Å². The summed E-state index contributed by atoms with van der Waals surface area (Å²) in [5.41, 5.74) is 2.85. The molecule has 2 atom stereocenters. The number of halogens is 4. The molecule has 3 rings (SSSR count). The number of carboxylic acid groups (broad SMARTS) is 2. The fourth-order valence-corrected chi connectivity index (χ4v) is 5.72. The molecule has 11 nitrogen and oxygen atoms in total. The molecule has 0 spiro atoms. The molecule has 2 unspecified atom stereocenters. The zero-order chi connectivity index (χ0) is 27.6. The van der Waals surface area contributed by atoms with Crippen molar-refractivity contribution < 1.29 is 46.1 Å².